The summed E-state index contributed by atoms with van der Waals surface area (Å²) in [7, 11) is 0. The van der Waals surface area contributed by atoms with Gasteiger partial charge >= 0.3 is 0 Å². The third-order valence-corrected chi connectivity index (χ3v) is 4.47. The van der Waals surface area contributed by atoms with E-state index in [1.54, 1.807) is 0 Å². The Bertz CT molecular complexity index is 201. The van der Waals surface area contributed by atoms with Crippen molar-refractivity contribution < 1.29 is 5.11 Å². The minimum Gasteiger partial charge on any atom is -0.392 e. The van der Waals surface area contributed by atoms with E-state index in [0.717, 1.165) is 24.3 Å². The second-order valence-electron chi connectivity index (χ2n) is 5.24. The average molecular weight is 336 g/mol. The van der Waals surface area contributed by atoms with Crippen LogP contribution in [0.3, 0.4) is 0 Å². The van der Waals surface area contributed by atoms with E-state index in [2.05, 4.69) is 20.1 Å². The Hall–Kier alpha value is 0.0800. The monoisotopic (exact) mass is 335 g/mol. The molecule has 0 rings (SSSR count). The lowest BCUT2D eigenvalue weighted by atomic mass is 10.1. The van der Waals surface area contributed by atoms with Crippen molar-refractivity contribution in [3.05, 3.63) is 25.3 Å². The molecule has 1 nitrogen and oxygen atoms in total. The smallest absolute Gasteiger partial charge is 0.124 e. The van der Waals surface area contributed by atoms with Crippen molar-refractivity contribution in [3.8, 4) is 0 Å². The molecule has 0 amide bonds. The number of aliphatic hydroxyl groups is 1. The van der Waals surface area contributed by atoms with Crippen molar-refractivity contribution in [2.24, 2.45) is 0 Å². The lowest BCUT2D eigenvalue weighted by molar-refractivity contribution is 0.183. The number of unbranched alkanes of at least 4 members (excludes halogenated alkanes) is 7. The van der Waals surface area contributed by atoms with Crippen LogP contribution in [0.5, 0.6) is 0 Å². The van der Waals surface area contributed by atoms with E-state index in [1.807, 2.05) is 12.2 Å². The summed E-state index contributed by atoms with van der Waals surface area (Å²) in [5.41, 5.74) is 0. The first kappa shape index (κ1) is 23.3. The number of halogens is 1. The van der Waals surface area contributed by atoms with Crippen LogP contribution in [0.4, 0.5) is 0 Å². The van der Waals surface area contributed by atoms with Crippen LogP contribution < -0.4 is 0 Å². The minimum atomic E-state index is -0.281. The van der Waals surface area contributed by atoms with Gasteiger partial charge in [-0.05, 0) is 30.3 Å². The SMILES string of the molecule is C=CC[SH+]CC=C.CCCCCCCCCCC(O)CCl. The Morgan fingerprint density at radius 2 is 1.43 bits per heavy atom. The summed E-state index contributed by atoms with van der Waals surface area (Å²) in [6.07, 6.45) is 15.0. The second kappa shape index (κ2) is 22.4. The van der Waals surface area contributed by atoms with E-state index >= 15 is 0 Å². The fraction of sp³-hybridized carbons (Fsp3) is 0.778. The van der Waals surface area contributed by atoms with Crippen molar-refractivity contribution in [1.29, 1.82) is 0 Å². The van der Waals surface area contributed by atoms with Crippen LogP contribution in [0.1, 0.15) is 64.7 Å². The van der Waals surface area contributed by atoms with Gasteiger partial charge in [0.15, 0.2) is 0 Å². The van der Waals surface area contributed by atoms with Gasteiger partial charge in [0, 0.05) is 5.88 Å². The van der Waals surface area contributed by atoms with E-state index in [9.17, 15) is 5.11 Å². The number of alkyl halides is 1. The molecule has 0 heterocycles. The van der Waals surface area contributed by atoms with Gasteiger partial charge in [-0.15, -0.1) is 11.6 Å². The van der Waals surface area contributed by atoms with Crippen LogP contribution in [0.2, 0.25) is 0 Å². The van der Waals surface area contributed by atoms with Gasteiger partial charge in [0.25, 0.3) is 0 Å². The second-order valence-corrected chi connectivity index (χ2v) is 6.72. The van der Waals surface area contributed by atoms with Crippen molar-refractivity contribution in [2.75, 3.05) is 17.4 Å². The maximum absolute atomic E-state index is 9.20. The molecule has 1 unspecified atom stereocenters. The summed E-state index contributed by atoms with van der Waals surface area (Å²) < 4.78 is 0. The van der Waals surface area contributed by atoms with Crippen LogP contribution >= 0.6 is 11.6 Å². The van der Waals surface area contributed by atoms with Crippen LogP contribution in [-0.2, 0) is 11.8 Å². The molecule has 0 aliphatic rings. The Balaban J connectivity index is 0. The Morgan fingerprint density at radius 3 is 1.86 bits per heavy atom. The molecule has 3 heteroatoms. The van der Waals surface area contributed by atoms with E-state index in [4.69, 9.17) is 11.6 Å². The molecule has 0 aliphatic carbocycles. The van der Waals surface area contributed by atoms with Gasteiger partial charge in [0.1, 0.15) is 11.5 Å². The molecule has 1 N–H and O–H groups in total. The maximum Gasteiger partial charge on any atom is 0.124 e. The standard InChI is InChI=1S/C12H25ClO.C6H10S/c1-2-3-4-5-6-7-8-9-10-12(14)11-13;1-3-5-7-6-4-2/h12,14H,2-11H2,1H3;3-4H,1-2,5-6H2/p+1. The summed E-state index contributed by atoms with van der Waals surface area (Å²) in [4.78, 5) is 0. The average Bonchev–Trinajstić information content (AvgIpc) is 2.51. The van der Waals surface area contributed by atoms with E-state index in [0.29, 0.717) is 5.88 Å². The number of aliphatic hydroxyl groups excluding tert-OH is 1. The molecule has 0 aromatic carbocycles. The molecule has 0 radical (unpaired) electrons. The van der Waals surface area contributed by atoms with E-state index in [1.165, 1.54) is 56.7 Å². The van der Waals surface area contributed by atoms with Gasteiger partial charge in [0.05, 0.1) is 6.10 Å². The zero-order chi connectivity index (χ0) is 16.2. The van der Waals surface area contributed by atoms with Crippen LogP contribution in [-0.4, -0.2) is 28.6 Å². The normalized spacial score (nSPS) is 11.4. The highest BCUT2D eigenvalue weighted by molar-refractivity contribution is 7.78. The van der Waals surface area contributed by atoms with Gasteiger partial charge in [-0.3, -0.25) is 0 Å². The fourth-order valence-electron chi connectivity index (χ4n) is 1.85. The van der Waals surface area contributed by atoms with Gasteiger partial charge in [-0.25, -0.2) is 0 Å². The number of thiol groups is 1. The zero-order valence-electron chi connectivity index (χ0n) is 13.9. The minimum absolute atomic E-state index is 0.281. The summed E-state index contributed by atoms with van der Waals surface area (Å²) in [5.74, 6) is 2.56. The molecule has 0 aliphatic heterocycles. The predicted molar refractivity (Wildman–Crippen MR) is 103 cm³/mol. The molecule has 1 atom stereocenters. The highest BCUT2D eigenvalue weighted by Crippen LogP contribution is 2.10. The zero-order valence-corrected chi connectivity index (χ0v) is 15.6. The fourth-order valence-corrected chi connectivity index (χ4v) is 2.52. The molecule has 0 saturated carbocycles. The van der Waals surface area contributed by atoms with Crippen molar-refractivity contribution in [3.63, 3.8) is 0 Å². The topological polar surface area (TPSA) is 20.2 Å². The summed E-state index contributed by atoms with van der Waals surface area (Å²) in [6, 6.07) is 0. The molecule has 0 aromatic heterocycles. The highest BCUT2D eigenvalue weighted by Gasteiger charge is 2.00. The highest BCUT2D eigenvalue weighted by atomic mass is 35.5. The maximum atomic E-state index is 9.20. The van der Waals surface area contributed by atoms with Crippen LogP contribution in [0.15, 0.2) is 25.3 Å². The predicted octanol–water partition coefficient (Wildman–Crippen LogP) is 5.29. The molecular formula is C18H36ClOS+. The summed E-state index contributed by atoms with van der Waals surface area (Å²) >= 11 is 6.91. The molecule has 21 heavy (non-hydrogen) atoms. The third kappa shape index (κ3) is 25.4. The Labute approximate surface area is 142 Å². The largest absolute Gasteiger partial charge is 0.392 e. The number of hydrogen-bond acceptors (Lipinski definition) is 1. The molecule has 0 spiro atoms. The Morgan fingerprint density at radius 1 is 0.952 bits per heavy atom. The van der Waals surface area contributed by atoms with Crippen molar-refractivity contribution in [1.82, 2.24) is 0 Å². The van der Waals surface area contributed by atoms with Gasteiger partial charge in [-0.2, -0.15) is 0 Å². The van der Waals surface area contributed by atoms with Gasteiger partial charge in [-0.1, -0.05) is 71.4 Å². The van der Waals surface area contributed by atoms with Gasteiger partial charge in [0.2, 0.25) is 0 Å². The lowest BCUT2D eigenvalue weighted by Gasteiger charge is -2.05. The third-order valence-electron chi connectivity index (χ3n) is 3.09. The first-order valence-corrected chi connectivity index (χ1v) is 10.1. The van der Waals surface area contributed by atoms with Crippen molar-refractivity contribution in [2.45, 2.75) is 70.8 Å². The van der Waals surface area contributed by atoms with E-state index in [-0.39, 0.29) is 6.10 Å². The molecule has 0 fully saturated rings. The van der Waals surface area contributed by atoms with E-state index < -0.39 is 0 Å². The number of hydrogen-bond donors (Lipinski definition) is 1. The molecule has 0 aromatic rings. The summed E-state index contributed by atoms with van der Waals surface area (Å²) in [6.45, 7) is 9.43. The van der Waals surface area contributed by atoms with Crippen LogP contribution in [0, 0.1) is 0 Å². The van der Waals surface area contributed by atoms with Gasteiger partial charge < -0.3 is 5.11 Å². The molecule has 0 saturated heterocycles. The first-order chi connectivity index (χ1) is 10.2. The van der Waals surface area contributed by atoms with Crippen LogP contribution in [0.25, 0.3) is 0 Å². The quantitative estimate of drug-likeness (QED) is 0.150. The van der Waals surface area contributed by atoms with Crippen molar-refractivity contribution >= 4 is 23.4 Å². The Kier molecular flexibility index (Phi) is 24.9. The lowest BCUT2D eigenvalue weighted by Crippen LogP contribution is -2.07. The number of rotatable bonds is 14. The summed E-state index contributed by atoms with van der Waals surface area (Å²) in [5, 5.41) is 9.20. The first-order valence-electron chi connectivity index (χ1n) is 8.31. The molecule has 126 valence electrons. The molecular weight excluding hydrogens is 300 g/mol. The molecule has 0 bridgehead atoms.